The summed E-state index contributed by atoms with van der Waals surface area (Å²) in [6.07, 6.45) is 1.43. The van der Waals surface area contributed by atoms with E-state index in [9.17, 15) is 9.59 Å². The second kappa shape index (κ2) is 6.48. The summed E-state index contributed by atoms with van der Waals surface area (Å²) < 4.78 is 1.32. The molecule has 130 valence electrons. The van der Waals surface area contributed by atoms with Gasteiger partial charge in [0.2, 0.25) is 5.91 Å². The van der Waals surface area contributed by atoms with Gasteiger partial charge in [0.25, 0.3) is 5.56 Å². The van der Waals surface area contributed by atoms with Gasteiger partial charge in [-0.15, -0.1) is 0 Å². The number of hydrogen-bond acceptors (Lipinski definition) is 3. The molecule has 0 aliphatic rings. The molecule has 0 radical (unpaired) electrons. The van der Waals surface area contributed by atoms with Gasteiger partial charge in [-0.2, -0.15) is 0 Å². The molecule has 2 N–H and O–H groups in total. The Bertz CT molecular complexity index is 1140. The standard InChI is InChI=1S/C20H18N4O2/c1-13(14-7-3-2-4-8-14)22-17(25)11-24-12-21-18-15-9-5-6-10-16(15)23-19(18)20(24)26/h2-10,12-13,23H,11H2,1H3,(H,22,25). The van der Waals surface area contributed by atoms with Gasteiger partial charge in [0.05, 0.1) is 12.4 Å². The average molecular weight is 346 g/mol. The van der Waals surface area contributed by atoms with Crippen molar-refractivity contribution in [1.82, 2.24) is 19.9 Å². The molecule has 26 heavy (non-hydrogen) atoms. The Hall–Kier alpha value is -3.41. The third kappa shape index (κ3) is 2.86. The zero-order chi connectivity index (χ0) is 18.1. The first-order chi connectivity index (χ1) is 12.6. The molecule has 6 nitrogen and oxygen atoms in total. The van der Waals surface area contributed by atoms with Crippen molar-refractivity contribution in [1.29, 1.82) is 0 Å². The van der Waals surface area contributed by atoms with Crippen LogP contribution in [0.1, 0.15) is 18.5 Å². The van der Waals surface area contributed by atoms with E-state index in [4.69, 9.17) is 0 Å². The van der Waals surface area contributed by atoms with Gasteiger partial charge in [0.15, 0.2) is 0 Å². The zero-order valence-electron chi connectivity index (χ0n) is 14.3. The van der Waals surface area contributed by atoms with Crippen molar-refractivity contribution in [2.75, 3.05) is 0 Å². The molecule has 0 bridgehead atoms. The average Bonchev–Trinajstić information content (AvgIpc) is 3.04. The molecule has 0 saturated heterocycles. The number of amides is 1. The van der Waals surface area contributed by atoms with Crippen LogP contribution in [-0.4, -0.2) is 20.4 Å². The summed E-state index contributed by atoms with van der Waals surface area (Å²) in [4.78, 5) is 32.5. The topological polar surface area (TPSA) is 79.8 Å². The fourth-order valence-electron chi connectivity index (χ4n) is 3.12. The van der Waals surface area contributed by atoms with E-state index in [1.165, 1.54) is 10.9 Å². The molecule has 1 amide bonds. The van der Waals surface area contributed by atoms with Crippen molar-refractivity contribution < 1.29 is 4.79 Å². The Morgan fingerprint density at radius 2 is 1.88 bits per heavy atom. The van der Waals surface area contributed by atoms with Gasteiger partial charge in [-0.3, -0.25) is 14.2 Å². The van der Waals surface area contributed by atoms with Gasteiger partial charge in [-0.05, 0) is 18.6 Å². The van der Waals surface area contributed by atoms with Gasteiger partial charge in [0, 0.05) is 10.9 Å². The minimum atomic E-state index is -0.256. The number of aromatic nitrogens is 3. The van der Waals surface area contributed by atoms with Crippen LogP contribution in [0.25, 0.3) is 21.9 Å². The molecule has 0 spiro atoms. The van der Waals surface area contributed by atoms with Crippen molar-refractivity contribution in [2.45, 2.75) is 19.5 Å². The quantitative estimate of drug-likeness (QED) is 0.596. The molecule has 2 aromatic carbocycles. The van der Waals surface area contributed by atoms with Crippen LogP contribution < -0.4 is 10.9 Å². The number of fused-ring (bicyclic) bond motifs is 3. The van der Waals surface area contributed by atoms with Crippen LogP contribution >= 0.6 is 0 Å². The van der Waals surface area contributed by atoms with Gasteiger partial charge in [-0.1, -0.05) is 48.5 Å². The van der Waals surface area contributed by atoms with E-state index < -0.39 is 0 Å². The number of rotatable bonds is 4. The summed E-state index contributed by atoms with van der Waals surface area (Å²) in [7, 11) is 0. The summed E-state index contributed by atoms with van der Waals surface area (Å²) in [6.45, 7) is 1.84. The number of benzene rings is 2. The molecule has 4 aromatic rings. The SMILES string of the molecule is CC(NC(=O)Cn1cnc2c([nH]c3ccccc32)c1=O)c1ccccc1. The number of aromatic amines is 1. The lowest BCUT2D eigenvalue weighted by Crippen LogP contribution is -2.34. The third-order valence-corrected chi connectivity index (χ3v) is 4.47. The highest BCUT2D eigenvalue weighted by atomic mass is 16.2. The van der Waals surface area contributed by atoms with Gasteiger partial charge >= 0.3 is 0 Å². The molecular weight excluding hydrogens is 328 g/mol. The molecule has 4 rings (SSSR count). The number of nitrogens with zero attached hydrogens (tertiary/aromatic N) is 2. The second-order valence-corrected chi connectivity index (χ2v) is 6.27. The lowest BCUT2D eigenvalue weighted by molar-refractivity contribution is -0.122. The van der Waals surface area contributed by atoms with Crippen molar-refractivity contribution in [3.8, 4) is 0 Å². The summed E-state index contributed by atoms with van der Waals surface area (Å²) in [5.74, 6) is -0.235. The Kier molecular flexibility index (Phi) is 4.01. The van der Waals surface area contributed by atoms with Crippen molar-refractivity contribution >= 4 is 27.8 Å². The first kappa shape index (κ1) is 16.1. The van der Waals surface area contributed by atoms with Crippen molar-refractivity contribution in [3.05, 3.63) is 76.8 Å². The molecular formula is C20H18N4O2. The van der Waals surface area contributed by atoms with Crippen LogP contribution in [-0.2, 0) is 11.3 Å². The Balaban J connectivity index is 1.59. The monoisotopic (exact) mass is 346 g/mol. The maximum absolute atomic E-state index is 12.7. The number of hydrogen-bond donors (Lipinski definition) is 2. The maximum atomic E-state index is 12.7. The third-order valence-electron chi connectivity index (χ3n) is 4.47. The predicted molar refractivity (Wildman–Crippen MR) is 101 cm³/mol. The number of nitrogens with one attached hydrogen (secondary N) is 2. The fourth-order valence-corrected chi connectivity index (χ4v) is 3.12. The summed E-state index contributed by atoms with van der Waals surface area (Å²) >= 11 is 0. The predicted octanol–water partition coefficient (Wildman–Crippen LogP) is 2.76. The zero-order valence-corrected chi connectivity index (χ0v) is 14.3. The number of carbonyl (C=O) groups excluding carboxylic acids is 1. The van der Waals surface area contributed by atoms with Crippen LogP contribution in [0.15, 0.2) is 65.7 Å². The van der Waals surface area contributed by atoms with E-state index in [-0.39, 0.29) is 24.1 Å². The summed E-state index contributed by atoms with van der Waals surface area (Å²) in [6, 6.07) is 17.2. The van der Waals surface area contributed by atoms with Gasteiger partial charge < -0.3 is 10.3 Å². The second-order valence-electron chi connectivity index (χ2n) is 6.27. The van der Waals surface area contributed by atoms with Crippen molar-refractivity contribution in [2.24, 2.45) is 0 Å². The number of para-hydroxylation sites is 1. The summed E-state index contributed by atoms with van der Waals surface area (Å²) in [5.41, 5.74) is 2.65. The van der Waals surface area contributed by atoms with E-state index in [0.717, 1.165) is 16.5 Å². The van der Waals surface area contributed by atoms with Crippen LogP contribution in [0.5, 0.6) is 0 Å². The van der Waals surface area contributed by atoms with E-state index in [1.54, 1.807) is 0 Å². The van der Waals surface area contributed by atoms with E-state index in [1.807, 2.05) is 61.5 Å². The Morgan fingerprint density at radius 1 is 1.15 bits per heavy atom. The molecule has 6 heteroatoms. The van der Waals surface area contributed by atoms with Gasteiger partial charge in [0.1, 0.15) is 17.6 Å². The molecule has 0 saturated carbocycles. The minimum Gasteiger partial charge on any atom is -0.349 e. The first-order valence-electron chi connectivity index (χ1n) is 8.43. The highest BCUT2D eigenvalue weighted by Crippen LogP contribution is 2.20. The molecule has 0 aliphatic carbocycles. The minimum absolute atomic E-state index is 0.0751. The highest BCUT2D eigenvalue weighted by Gasteiger charge is 2.14. The van der Waals surface area contributed by atoms with Crippen LogP contribution in [0.2, 0.25) is 0 Å². The number of carbonyl (C=O) groups is 1. The van der Waals surface area contributed by atoms with E-state index >= 15 is 0 Å². The molecule has 0 fully saturated rings. The number of H-pyrrole nitrogens is 1. The van der Waals surface area contributed by atoms with Crippen LogP contribution in [0.4, 0.5) is 0 Å². The maximum Gasteiger partial charge on any atom is 0.278 e. The Labute approximate surface area is 149 Å². The lowest BCUT2D eigenvalue weighted by Gasteiger charge is -2.14. The molecule has 0 aliphatic heterocycles. The van der Waals surface area contributed by atoms with Crippen LogP contribution in [0, 0.1) is 0 Å². The molecule has 2 heterocycles. The lowest BCUT2D eigenvalue weighted by atomic mass is 10.1. The normalized spacial score (nSPS) is 12.3. The van der Waals surface area contributed by atoms with Crippen molar-refractivity contribution in [3.63, 3.8) is 0 Å². The Morgan fingerprint density at radius 3 is 2.69 bits per heavy atom. The molecule has 2 aromatic heterocycles. The molecule has 1 unspecified atom stereocenters. The van der Waals surface area contributed by atoms with Gasteiger partial charge in [-0.25, -0.2) is 4.98 Å². The van der Waals surface area contributed by atoms with E-state index in [0.29, 0.717) is 11.0 Å². The smallest absolute Gasteiger partial charge is 0.278 e. The molecule has 1 atom stereocenters. The fraction of sp³-hybridized carbons (Fsp3) is 0.150. The first-order valence-corrected chi connectivity index (χ1v) is 8.43. The summed E-state index contributed by atoms with van der Waals surface area (Å²) in [5, 5.41) is 3.81. The van der Waals surface area contributed by atoms with E-state index in [2.05, 4.69) is 15.3 Å². The largest absolute Gasteiger partial charge is 0.349 e. The highest BCUT2D eigenvalue weighted by molar-refractivity contribution is 6.04. The van der Waals surface area contributed by atoms with Crippen LogP contribution in [0.3, 0.4) is 0 Å².